The molecule has 5 nitrogen and oxygen atoms in total. The molecule has 0 aliphatic heterocycles. The van der Waals surface area contributed by atoms with Gasteiger partial charge in [-0.15, -0.1) is 0 Å². The predicted octanol–water partition coefficient (Wildman–Crippen LogP) is 2.72. The first-order valence-corrected chi connectivity index (χ1v) is 7.16. The molecule has 1 amide bonds. The highest BCUT2D eigenvalue weighted by Gasteiger charge is 2.18. The lowest BCUT2D eigenvalue weighted by molar-refractivity contribution is -0.154. The number of carbonyl (C=O) groups is 2. The second-order valence-corrected chi connectivity index (χ2v) is 5.17. The van der Waals surface area contributed by atoms with Crippen LogP contribution >= 0.6 is 11.6 Å². The Kier molecular flexibility index (Phi) is 5.61. The van der Waals surface area contributed by atoms with Gasteiger partial charge in [-0.1, -0.05) is 23.7 Å². The number of benzene rings is 1. The van der Waals surface area contributed by atoms with E-state index in [-0.39, 0.29) is 18.9 Å². The third-order valence-corrected chi connectivity index (χ3v) is 3.21. The molecular formula is C16H16ClNO4. The highest BCUT2D eigenvalue weighted by molar-refractivity contribution is 6.30. The maximum Gasteiger partial charge on any atom is 0.311 e. The maximum absolute atomic E-state index is 11.8. The van der Waals surface area contributed by atoms with E-state index in [4.69, 9.17) is 20.8 Å². The first kappa shape index (κ1) is 16.1. The molecule has 1 N–H and O–H groups in total. The maximum atomic E-state index is 11.8. The summed E-state index contributed by atoms with van der Waals surface area (Å²) < 4.78 is 10.2. The lowest BCUT2D eigenvalue weighted by atomic mass is 10.1. The molecule has 0 spiro atoms. The molecule has 0 saturated carbocycles. The summed E-state index contributed by atoms with van der Waals surface area (Å²) in [7, 11) is 0. The quantitative estimate of drug-likeness (QED) is 0.831. The largest absolute Gasteiger partial charge is 0.467 e. The minimum Gasteiger partial charge on any atom is -0.467 e. The minimum atomic E-state index is -0.866. The number of halogens is 1. The van der Waals surface area contributed by atoms with Gasteiger partial charge in [-0.25, -0.2) is 0 Å². The standard InChI is InChI=1S/C16H16ClNO4/c1-11(16(20)18-10-14-3-2-8-21-14)22-15(19)9-12-4-6-13(17)7-5-12/h2-8,11H,9-10H2,1H3,(H,18,20)/t11-/m1/s1. The number of ether oxygens (including phenoxy) is 1. The fourth-order valence-corrected chi connectivity index (χ4v) is 1.92. The normalized spacial score (nSPS) is 11.7. The van der Waals surface area contributed by atoms with Crippen LogP contribution in [0.4, 0.5) is 0 Å². The molecule has 0 unspecified atom stereocenters. The molecule has 0 radical (unpaired) electrons. The van der Waals surface area contributed by atoms with E-state index in [1.165, 1.54) is 13.2 Å². The Morgan fingerprint density at radius 1 is 1.27 bits per heavy atom. The van der Waals surface area contributed by atoms with Crippen molar-refractivity contribution in [2.45, 2.75) is 26.0 Å². The second kappa shape index (κ2) is 7.66. The number of rotatable bonds is 6. The van der Waals surface area contributed by atoms with Gasteiger partial charge in [0.25, 0.3) is 5.91 Å². The van der Waals surface area contributed by atoms with Gasteiger partial charge >= 0.3 is 5.97 Å². The number of esters is 1. The van der Waals surface area contributed by atoms with Crippen LogP contribution in [0.3, 0.4) is 0 Å². The summed E-state index contributed by atoms with van der Waals surface area (Å²) in [4.78, 5) is 23.6. The van der Waals surface area contributed by atoms with Crippen molar-refractivity contribution < 1.29 is 18.7 Å². The summed E-state index contributed by atoms with van der Waals surface area (Å²) in [6.07, 6.45) is 0.749. The summed E-state index contributed by atoms with van der Waals surface area (Å²) in [6, 6.07) is 10.4. The molecular weight excluding hydrogens is 306 g/mol. The van der Waals surface area contributed by atoms with Crippen molar-refractivity contribution in [3.8, 4) is 0 Å². The third kappa shape index (κ3) is 4.93. The molecule has 116 valence electrons. The summed E-state index contributed by atoms with van der Waals surface area (Å²) in [6.45, 7) is 1.78. The molecule has 22 heavy (non-hydrogen) atoms. The van der Waals surface area contributed by atoms with E-state index in [1.54, 1.807) is 36.4 Å². The zero-order valence-corrected chi connectivity index (χ0v) is 12.8. The van der Waals surface area contributed by atoms with Crippen LogP contribution < -0.4 is 5.32 Å². The van der Waals surface area contributed by atoms with Crippen LogP contribution in [-0.4, -0.2) is 18.0 Å². The van der Waals surface area contributed by atoms with E-state index in [9.17, 15) is 9.59 Å². The van der Waals surface area contributed by atoms with Gasteiger partial charge in [0.15, 0.2) is 6.10 Å². The summed E-state index contributed by atoms with van der Waals surface area (Å²) in [5, 5.41) is 3.23. The summed E-state index contributed by atoms with van der Waals surface area (Å²) in [5.41, 5.74) is 0.776. The zero-order chi connectivity index (χ0) is 15.9. The number of hydrogen-bond acceptors (Lipinski definition) is 4. The zero-order valence-electron chi connectivity index (χ0n) is 12.0. The summed E-state index contributed by atoms with van der Waals surface area (Å²) >= 11 is 5.77. The molecule has 2 rings (SSSR count). The number of furan rings is 1. The first-order valence-electron chi connectivity index (χ1n) is 6.78. The molecule has 1 aromatic carbocycles. The van der Waals surface area contributed by atoms with Gasteiger partial charge in [-0.3, -0.25) is 9.59 Å². The molecule has 1 aromatic heterocycles. The van der Waals surface area contributed by atoms with Gasteiger partial charge < -0.3 is 14.5 Å². The topological polar surface area (TPSA) is 68.5 Å². The van der Waals surface area contributed by atoms with Crippen LogP contribution in [0.2, 0.25) is 5.02 Å². The molecule has 6 heteroatoms. The molecule has 1 heterocycles. The van der Waals surface area contributed by atoms with Gasteiger partial charge in [0.2, 0.25) is 0 Å². The molecule has 0 fully saturated rings. The van der Waals surface area contributed by atoms with E-state index >= 15 is 0 Å². The second-order valence-electron chi connectivity index (χ2n) is 4.73. The predicted molar refractivity (Wildman–Crippen MR) is 81.3 cm³/mol. The third-order valence-electron chi connectivity index (χ3n) is 2.96. The van der Waals surface area contributed by atoms with Crippen molar-refractivity contribution in [1.82, 2.24) is 5.32 Å². The van der Waals surface area contributed by atoms with Crippen LogP contribution in [-0.2, 0) is 27.3 Å². The average Bonchev–Trinajstić information content (AvgIpc) is 3.00. The van der Waals surface area contributed by atoms with Crippen molar-refractivity contribution in [1.29, 1.82) is 0 Å². The monoisotopic (exact) mass is 321 g/mol. The molecule has 0 aliphatic carbocycles. The van der Waals surface area contributed by atoms with Crippen LogP contribution in [0.5, 0.6) is 0 Å². The van der Waals surface area contributed by atoms with Gasteiger partial charge in [0.1, 0.15) is 5.76 Å². The molecule has 1 atom stereocenters. The number of amides is 1. The molecule has 0 aliphatic rings. The number of hydrogen-bond donors (Lipinski definition) is 1. The SMILES string of the molecule is C[C@@H](OC(=O)Cc1ccc(Cl)cc1)C(=O)NCc1ccco1. The Bertz CT molecular complexity index is 622. The van der Waals surface area contributed by atoms with E-state index in [2.05, 4.69) is 5.32 Å². The Morgan fingerprint density at radius 2 is 2.00 bits per heavy atom. The lowest BCUT2D eigenvalue weighted by Crippen LogP contribution is -2.35. The van der Waals surface area contributed by atoms with Crippen molar-refractivity contribution >= 4 is 23.5 Å². The number of nitrogens with one attached hydrogen (secondary N) is 1. The summed E-state index contributed by atoms with van der Waals surface area (Å²) in [5.74, 6) is -0.211. The average molecular weight is 322 g/mol. The van der Waals surface area contributed by atoms with Crippen molar-refractivity contribution in [3.05, 3.63) is 59.0 Å². The van der Waals surface area contributed by atoms with E-state index in [0.29, 0.717) is 10.8 Å². The van der Waals surface area contributed by atoms with Crippen molar-refractivity contribution in [2.24, 2.45) is 0 Å². The Morgan fingerprint density at radius 3 is 2.64 bits per heavy atom. The van der Waals surface area contributed by atoms with Gasteiger partial charge in [-0.05, 0) is 36.8 Å². The molecule has 0 saturated heterocycles. The van der Waals surface area contributed by atoms with Crippen molar-refractivity contribution in [3.63, 3.8) is 0 Å². The highest BCUT2D eigenvalue weighted by atomic mass is 35.5. The Hall–Kier alpha value is -2.27. The van der Waals surface area contributed by atoms with Gasteiger partial charge in [0, 0.05) is 5.02 Å². The van der Waals surface area contributed by atoms with Gasteiger partial charge in [0.05, 0.1) is 19.2 Å². The van der Waals surface area contributed by atoms with Gasteiger partial charge in [-0.2, -0.15) is 0 Å². The van der Waals surface area contributed by atoms with E-state index in [1.807, 2.05) is 0 Å². The smallest absolute Gasteiger partial charge is 0.311 e. The highest BCUT2D eigenvalue weighted by Crippen LogP contribution is 2.10. The Balaban J connectivity index is 1.77. The Labute approximate surface area is 133 Å². The lowest BCUT2D eigenvalue weighted by Gasteiger charge is -2.13. The minimum absolute atomic E-state index is 0.0903. The van der Waals surface area contributed by atoms with E-state index in [0.717, 1.165) is 5.56 Å². The van der Waals surface area contributed by atoms with Crippen LogP contribution in [0.1, 0.15) is 18.2 Å². The molecule has 0 bridgehead atoms. The molecule has 2 aromatic rings. The van der Waals surface area contributed by atoms with Crippen LogP contribution in [0.15, 0.2) is 47.1 Å². The van der Waals surface area contributed by atoms with E-state index < -0.39 is 12.1 Å². The fraction of sp³-hybridized carbons (Fsp3) is 0.250. The number of carbonyl (C=O) groups excluding carboxylic acids is 2. The van der Waals surface area contributed by atoms with Crippen LogP contribution in [0, 0.1) is 0 Å². The fourth-order valence-electron chi connectivity index (χ4n) is 1.79. The van der Waals surface area contributed by atoms with Crippen molar-refractivity contribution in [2.75, 3.05) is 0 Å². The first-order chi connectivity index (χ1) is 10.5. The van der Waals surface area contributed by atoms with Crippen LogP contribution in [0.25, 0.3) is 0 Å².